The van der Waals surface area contributed by atoms with E-state index in [2.05, 4.69) is 33.1 Å². The van der Waals surface area contributed by atoms with Crippen LogP contribution in [0, 0.1) is 12.8 Å². The fourth-order valence-electron chi connectivity index (χ4n) is 6.79. The minimum atomic E-state index is -0.824. The number of carbonyl (C=O) groups excluding carboxylic acids is 3. The van der Waals surface area contributed by atoms with Gasteiger partial charge in [0.2, 0.25) is 11.8 Å². The van der Waals surface area contributed by atoms with Crippen LogP contribution in [-0.4, -0.2) is 33.5 Å². The summed E-state index contributed by atoms with van der Waals surface area (Å²) in [7, 11) is 1.97. The summed E-state index contributed by atoms with van der Waals surface area (Å²) in [6, 6.07) is 23.5. The second-order valence-corrected chi connectivity index (χ2v) is 13.5. The molecule has 6 rings (SSSR count). The number of rotatable bonds is 12. The van der Waals surface area contributed by atoms with Crippen LogP contribution in [-0.2, 0) is 36.0 Å². The van der Waals surface area contributed by atoms with Crippen molar-refractivity contribution < 1.29 is 23.5 Å². The van der Waals surface area contributed by atoms with Crippen LogP contribution in [0.3, 0.4) is 0 Å². The first-order valence-corrected chi connectivity index (χ1v) is 17.3. The Morgan fingerprint density at radius 3 is 2.52 bits per heavy atom. The molecule has 0 spiro atoms. The Kier molecular flexibility index (Phi) is 10.7. The highest BCUT2D eigenvalue weighted by Gasteiger charge is 2.31. The lowest BCUT2D eigenvalue weighted by Gasteiger charge is -2.28. The van der Waals surface area contributed by atoms with E-state index in [1.54, 1.807) is 6.92 Å². The Balaban J connectivity index is 1.23. The molecule has 0 saturated carbocycles. The Morgan fingerprint density at radius 1 is 0.980 bits per heavy atom. The van der Waals surface area contributed by atoms with Gasteiger partial charge in [-0.2, -0.15) is 0 Å². The van der Waals surface area contributed by atoms with E-state index >= 15 is 0 Å². The average molecular weight is 676 g/mol. The van der Waals surface area contributed by atoms with Gasteiger partial charge in [0.25, 0.3) is 0 Å². The zero-order valence-corrected chi connectivity index (χ0v) is 29.1. The zero-order chi connectivity index (χ0) is 35.2. The van der Waals surface area contributed by atoms with Gasteiger partial charge in [-0.3, -0.25) is 4.79 Å². The summed E-state index contributed by atoms with van der Waals surface area (Å²) in [5.41, 5.74) is 5.27. The summed E-state index contributed by atoms with van der Waals surface area (Å²) >= 11 is 0. The van der Waals surface area contributed by atoms with Crippen LogP contribution in [0.5, 0.6) is 0 Å². The molecule has 0 fully saturated rings. The molecule has 3 aromatic carbocycles. The maximum atomic E-state index is 14.1. The van der Waals surface area contributed by atoms with E-state index in [0.29, 0.717) is 18.6 Å². The van der Waals surface area contributed by atoms with Crippen molar-refractivity contribution in [3.8, 4) is 0 Å². The summed E-state index contributed by atoms with van der Waals surface area (Å²) in [6.07, 6.45) is 5.57. The van der Waals surface area contributed by atoms with Gasteiger partial charge >= 0.3 is 12.0 Å². The zero-order valence-electron chi connectivity index (χ0n) is 29.1. The third-order valence-corrected chi connectivity index (χ3v) is 9.24. The standard InChI is InChI=1S/C40H45N5O5/c1-25(2)21-33(43-40(48)42-32-19-12-16-28-15-8-9-17-30(28)32)37(46)41-34(22-29-23-45(4)35-20-11-10-18-31(29)35)38-44-36(26(3)50-38)39(47)49-24-27-13-6-5-7-14-27/h5-11,13-15,17-18,20,23,25,32-34H,12,16,19,21-22,24H2,1-4H3,(H,41,46)(H2,42,43,48)/t32?,33-,34+/m0/s1. The molecule has 3 N–H and O–H groups in total. The Bertz CT molecular complexity index is 1960. The van der Waals surface area contributed by atoms with Crippen LogP contribution in [0.15, 0.2) is 89.5 Å². The molecule has 0 radical (unpaired) electrons. The lowest BCUT2D eigenvalue weighted by molar-refractivity contribution is -0.124. The number of fused-ring (bicyclic) bond motifs is 2. The van der Waals surface area contributed by atoms with E-state index in [0.717, 1.165) is 46.9 Å². The van der Waals surface area contributed by atoms with Crippen molar-refractivity contribution in [3.05, 3.63) is 125 Å². The van der Waals surface area contributed by atoms with Gasteiger partial charge in [0.05, 0.1) is 6.04 Å². The number of aromatic nitrogens is 2. The van der Waals surface area contributed by atoms with Gasteiger partial charge in [-0.15, -0.1) is 0 Å². The van der Waals surface area contributed by atoms with Crippen LogP contribution in [0.1, 0.15) is 89.6 Å². The van der Waals surface area contributed by atoms with Crippen molar-refractivity contribution in [1.29, 1.82) is 0 Å². The number of hydrogen-bond donors (Lipinski definition) is 3. The summed E-state index contributed by atoms with van der Waals surface area (Å²) in [5.74, 6) is -0.390. The second kappa shape index (κ2) is 15.4. The van der Waals surface area contributed by atoms with Crippen molar-refractivity contribution in [3.63, 3.8) is 0 Å². The lowest BCUT2D eigenvalue weighted by Crippen LogP contribution is -2.52. The quantitative estimate of drug-likeness (QED) is 0.122. The minimum absolute atomic E-state index is 0.0529. The molecule has 260 valence electrons. The number of aryl methyl sites for hydroxylation is 3. The molecule has 10 heteroatoms. The number of amides is 3. The Morgan fingerprint density at radius 2 is 1.72 bits per heavy atom. The average Bonchev–Trinajstić information content (AvgIpc) is 3.66. The van der Waals surface area contributed by atoms with Gasteiger partial charge in [0.1, 0.15) is 24.5 Å². The van der Waals surface area contributed by atoms with Gasteiger partial charge in [0, 0.05) is 30.6 Å². The minimum Gasteiger partial charge on any atom is -0.456 e. The smallest absolute Gasteiger partial charge is 0.360 e. The van der Waals surface area contributed by atoms with Crippen molar-refractivity contribution in [2.45, 2.75) is 77.6 Å². The van der Waals surface area contributed by atoms with Gasteiger partial charge < -0.3 is 29.7 Å². The van der Waals surface area contributed by atoms with E-state index in [1.807, 2.05) is 98.4 Å². The molecule has 2 aromatic heterocycles. The monoisotopic (exact) mass is 675 g/mol. The predicted molar refractivity (Wildman–Crippen MR) is 191 cm³/mol. The molecular weight excluding hydrogens is 630 g/mol. The third kappa shape index (κ3) is 8.07. The molecule has 2 heterocycles. The molecule has 50 heavy (non-hydrogen) atoms. The van der Waals surface area contributed by atoms with Gasteiger partial charge in [-0.25, -0.2) is 14.6 Å². The highest BCUT2D eigenvalue weighted by Crippen LogP contribution is 2.30. The van der Waals surface area contributed by atoms with E-state index < -0.39 is 24.1 Å². The topological polar surface area (TPSA) is 127 Å². The Hall–Kier alpha value is -5.38. The van der Waals surface area contributed by atoms with Crippen LogP contribution in [0.4, 0.5) is 4.79 Å². The number of nitrogens with zero attached hydrogens (tertiary/aromatic N) is 2. The molecule has 3 amide bonds. The third-order valence-electron chi connectivity index (χ3n) is 9.24. The number of nitrogens with one attached hydrogen (secondary N) is 3. The van der Waals surface area contributed by atoms with E-state index in [4.69, 9.17) is 9.15 Å². The number of urea groups is 1. The maximum absolute atomic E-state index is 14.1. The number of esters is 1. The molecule has 0 aliphatic heterocycles. The Labute approximate surface area is 292 Å². The number of hydrogen-bond acceptors (Lipinski definition) is 6. The number of ether oxygens (including phenoxy) is 1. The number of para-hydroxylation sites is 1. The number of oxazole rings is 1. The molecule has 5 aromatic rings. The van der Waals surface area contributed by atoms with E-state index in [9.17, 15) is 14.4 Å². The highest BCUT2D eigenvalue weighted by molar-refractivity contribution is 5.89. The summed E-state index contributed by atoms with van der Waals surface area (Å²) in [6.45, 7) is 5.77. The van der Waals surface area contributed by atoms with Crippen LogP contribution < -0.4 is 16.0 Å². The number of benzene rings is 3. The first-order valence-electron chi connectivity index (χ1n) is 17.3. The largest absolute Gasteiger partial charge is 0.456 e. The molecule has 1 aliphatic rings. The normalized spacial score (nSPS) is 15.3. The van der Waals surface area contributed by atoms with Crippen molar-refractivity contribution >= 4 is 28.8 Å². The lowest BCUT2D eigenvalue weighted by atomic mass is 9.88. The molecule has 0 bridgehead atoms. The SMILES string of the molecule is Cc1oc([C@@H](Cc2cn(C)c3ccccc23)NC(=O)[C@H](CC(C)C)NC(=O)NC2CCCc3ccccc32)nc1C(=O)OCc1ccccc1. The van der Waals surface area contributed by atoms with Crippen molar-refractivity contribution in [1.82, 2.24) is 25.5 Å². The molecular formula is C40H45N5O5. The molecule has 0 saturated heterocycles. The van der Waals surface area contributed by atoms with Gasteiger partial charge in [0.15, 0.2) is 5.69 Å². The fourth-order valence-corrected chi connectivity index (χ4v) is 6.79. The van der Waals surface area contributed by atoms with Crippen LogP contribution in [0.25, 0.3) is 10.9 Å². The fraction of sp³-hybridized carbons (Fsp3) is 0.350. The van der Waals surface area contributed by atoms with E-state index in [-0.39, 0.29) is 36.1 Å². The van der Waals surface area contributed by atoms with Gasteiger partial charge in [-0.05, 0) is 66.8 Å². The predicted octanol–water partition coefficient (Wildman–Crippen LogP) is 7.02. The van der Waals surface area contributed by atoms with Crippen LogP contribution >= 0.6 is 0 Å². The molecule has 1 unspecified atom stereocenters. The maximum Gasteiger partial charge on any atom is 0.360 e. The summed E-state index contributed by atoms with van der Waals surface area (Å²) < 4.78 is 13.7. The van der Waals surface area contributed by atoms with Crippen molar-refractivity contribution in [2.24, 2.45) is 13.0 Å². The molecule has 10 nitrogen and oxygen atoms in total. The first kappa shape index (κ1) is 34.5. The van der Waals surface area contributed by atoms with Crippen molar-refractivity contribution in [2.75, 3.05) is 0 Å². The number of carbonyl (C=O) groups is 3. The summed E-state index contributed by atoms with van der Waals surface area (Å²) in [5, 5.41) is 10.2. The first-order chi connectivity index (χ1) is 24.2. The highest BCUT2D eigenvalue weighted by atomic mass is 16.5. The van der Waals surface area contributed by atoms with Crippen LogP contribution in [0.2, 0.25) is 0 Å². The van der Waals surface area contributed by atoms with E-state index in [1.165, 1.54) is 5.56 Å². The summed E-state index contributed by atoms with van der Waals surface area (Å²) in [4.78, 5) is 45.2. The molecule has 1 aliphatic carbocycles. The second-order valence-electron chi connectivity index (χ2n) is 13.5. The van der Waals surface area contributed by atoms with Gasteiger partial charge in [-0.1, -0.05) is 86.6 Å². The molecule has 3 atom stereocenters.